The van der Waals surface area contributed by atoms with Crippen LogP contribution in [0.25, 0.3) is 0 Å². The molecule has 0 aliphatic rings. The number of rotatable bonds is 4. The fraction of sp³-hybridized carbons (Fsp3) is 0.364. The zero-order chi connectivity index (χ0) is 14.8. The summed E-state index contributed by atoms with van der Waals surface area (Å²) in [6, 6.07) is 3.86. The minimum Gasteiger partial charge on any atom is -0.480 e. The number of halogens is 5. The number of carboxylic acid groups (broad SMARTS) is 1. The highest BCUT2D eigenvalue weighted by molar-refractivity contribution is 6.42. The van der Waals surface area contributed by atoms with Gasteiger partial charge in [-0.1, -0.05) is 29.3 Å². The second-order valence-electron chi connectivity index (χ2n) is 4.03. The van der Waals surface area contributed by atoms with Crippen LogP contribution in [0, 0.1) is 0 Å². The monoisotopic (exact) mass is 315 g/mol. The number of benzene rings is 1. The van der Waals surface area contributed by atoms with Crippen molar-refractivity contribution in [2.45, 2.75) is 18.6 Å². The van der Waals surface area contributed by atoms with Gasteiger partial charge in [-0.2, -0.15) is 13.2 Å². The largest absolute Gasteiger partial charge is 0.480 e. The highest BCUT2D eigenvalue weighted by Crippen LogP contribution is 2.29. The Labute approximate surface area is 117 Å². The lowest BCUT2D eigenvalue weighted by Gasteiger charge is -2.27. The predicted molar refractivity (Wildman–Crippen MR) is 65.5 cm³/mol. The Morgan fingerprint density at radius 2 is 1.89 bits per heavy atom. The van der Waals surface area contributed by atoms with Crippen molar-refractivity contribution < 1.29 is 23.1 Å². The standard InChI is InChI=1S/C11H10Cl2F3NO2/c1-10(9(18)19,17-5-11(14,15)16)6-2-3-7(12)8(13)4-6/h2-4,17H,5H2,1H3,(H,18,19). The summed E-state index contributed by atoms with van der Waals surface area (Å²) in [7, 11) is 0. The van der Waals surface area contributed by atoms with Crippen molar-refractivity contribution in [1.82, 2.24) is 5.32 Å². The van der Waals surface area contributed by atoms with Gasteiger partial charge in [0.15, 0.2) is 0 Å². The SMILES string of the molecule is CC(NCC(F)(F)F)(C(=O)O)c1ccc(Cl)c(Cl)c1. The number of nitrogens with one attached hydrogen (secondary N) is 1. The molecule has 1 rings (SSSR count). The number of aliphatic carboxylic acids is 1. The van der Waals surface area contributed by atoms with Crippen molar-refractivity contribution in [2.75, 3.05) is 6.54 Å². The van der Waals surface area contributed by atoms with Gasteiger partial charge in [0.2, 0.25) is 0 Å². The van der Waals surface area contributed by atoms with Crippen LogP contribution in [0.15, 0.2) is 18.2 Å². The topological polar surface area (TPSA) is 49.3 Å². The van der Waals surface area contributed by atoms with E-state index in [0.29, 0.717) is 0 Å². The lowest BCUT2D eigenvalue weighted by molar-refractivity contribution is -0.150. The van der Waals surface area contributed by atoms with Crippen molar-refractivity contribution in [3.63, 3.8) is 0 Å². The maximum atomic E-state index is 12.2. The van der Waals surface area contributed by atoms with Crippen LogP contribution in [0.2, 0.25) is 10.0 Å². The van der Waals surface area contributed by atoms with E-state index in [-0.39, 0.29) is 15.6 Å². The van der Waals surface area contributed by atoms with E-state index in [9.17, 15) is 18.0 Å². The molecule has 0 fully saturated rings. The molecule has 1 aromatic carbocycles. The highest BCUT2D eigenvalue weighted by atomic mass is 35.5. The summed E-state index contributed by atoms with van der Waals surface area (Å²) in [4.78, 5) is 11.2. The van der Waals surface area contributed by atoms with E-state index >= 15 is 0 Å². The molecule has 0 bridgehead atoms. The maximum Gasteiger partial charge on any atom is 0.401 e. The van der Waals surface area contributed by atoms with E-state index < -0.39 is 24.2 Å². The van der Waals surface area contributed by atoms with Crippen LogP contribution in [0.5, 0.6) is 0 Å². The molecule has 0 aliphatic heterocycles. The van der Waals surface area contributed by atoms with Gasteiger partial charge in [-0.05, 0) is 24.6 Å². The molecule has 1 unspecified atom stereocenters. The minimum absolute atomic E-state index is 0.0699. The van der Waals surface area contributed by atoms with E-state index in [1.165, 1.54) is 18.2 Å². The summed E-state index contributed by atoms with van der Waals surface area (Å²) in [5.41, 5.74) is -1.83. The average Bonchev–Trinajstić information content (AvgIpc) is 2.28. The Morgan fingerprint density at radius 3 is 2.32 bits per heavy atom. The molecule has 0 aromatic heterocycles. The van der Waals surface area contributed by atoms with E-state index in [1.807, 2.05) is 5.32 Å². The zero-order valence-electron chi connectivity index (χ0n) is 9.68. The summed E-state index contributed by atoms with van der Waals surface area (Å²) >= 11 is 11.4. The fourth-order valence-electron chi connectivity index (χ4n) is 1.39. The Morgan fingerprint density at radius 1 is 1.32 bits per heavy atom. The van der Waals surface area contributed by atoms with Crippen LogP contribution >= 0.6 is 23.2 Å². The molecule has 0 aliphatic carbocycles. The van der Waals surface area contributed by atoms with E-state index in [0.717, 1.165) is 6.92 Å². The molecule has 19 heavy (non-hydrogen) atoms. The molecule has 0 radical (unpaired) electrons. The normalized spacial score (nSPS) is 15.1. The summed E-state index contributed by atoms with van der Waals surface area (Å²) in [5.74, 6) is -1.45. The summed E-state index contributed by atoms with van der Waals surface area (Å²) in [5, 5.41) is 11.4. The van der Waals surface area contributed by atoms with Crippen molar-refractivity contribution in [3.05, 3.63) is 33.8 Å². The first-order chi connectivity index (χ1) is 8.56. The molecule has 3 nitrogen and oxygen atoms in total. The van der Waals surface area contributed by atoms with Gasteiger partial charge in [-0.15, -0.1) is 0 Å². The van der Waals surface area contributed by atoms with Crippen molar-refractivity contribution in [1.29, 1.82) is 0 Å². The number of alkyl halides is 3. The van der Waals surface area contributed by atoms with Gasteiger partial charge < -0.3 is 5.11 Å². The van der Waals surface area contributed by atoms with Crippen LogP contribution in [0.4, 0.5) is 13.2 Å². The maximum absolute atomic E-state index is 12.2. The summed E-state index contributed by atoms with van der Waals surface area (Å²) in [6.45, 7) is -0.309. The van der Waals surface area contributed by atoms with E-state index in [1.54, 1.807) is 0 Å². The van der Waals surface area contributed by atoms with Gasteiger partial charge in [0.25, 0.3) is 0 Å². The Kier molecular flexibility index (Phi) is 4.71. The molecule has 0 amide bonds. The Balaban J connectivity index is 3.11. The average molecular weight is 316 g/mol. The number of carbonyl (C=O) groups is 1. The fourth-order valence-corrected chi connectivity index (χ4v) is 1.68. The molecule has 1 atom stereocenters. The lowest BCUT2D eigenvalue weighted by atomic mass is 9.92. The Hall–Kier alpha value is -0.980. The minimum atomic E-state index is -4.52. The first-order valence-corrected chi connectivity index (χ1v) is 5.82. The van der Waals surface area contributed by atoms with Crippen LogP contribution in [-0.2, 0) is 10.3 Å². The Bertz CT molecular complexity index is 493. The molecule has 0 saturated carbocycles. The number of hydrogen-bond acceptors (Lipinski definition) is 2. The second-order valence-corrected chi connectivity index (χ2v) is 4.84. The molecule has 2 N–H and O–H groups in total. The third-order valence-corrected chi connectivity index (χ3v) is 3.31. The van der Waals surface area contributed by atoms with E-state index in [2.05, 4.69) is 0 Å². The third-order valence-electron chi connectivity index (χ3n) is 2.57. The van der Waals surface area contributed by atoms with E-state index in [4.69, 9.17) is 28.3 Å². The smallest absolute Gasteiger partial charge is 0.401 e. The summed E-state index contributed by atoms with van der Waals surface area (Å²) in [6.07, 6.45) is -4.52. The third kappa shape index (κ3) is 3.99. The first-order valence-electron chi connectivity index (χ1n) is 5.07. The van der Waals surface area contributed by atoms with Gasteiger partial charge in [-0.25, -0.2) is 4.79 Å². The van der Waals surface area contributed by atoms with Crippen LogP contribution in [0.3, 0.4) is 0 Å². The van der Waals surface area contributed by atoms with Gasteiger partial charge in [0, 0.05) is 0 Å². The van der Waals surface area contributed by atoms with Gasteiger partial charge in [-0.3, -0.25) is 5.32 Å². The number of carboxylic acids is 1. The number of hydrogen-bond donors (Lipinski definition) is 2. The molecular formula is C11H10Cl2F3NO2. The van der Waals surface area contributed by atoms with Crippen molar-refractivity contribution in [3.8, 4) is 0 Å². The zero-order valence-corrected chi connectivity index (χ0v) is 11.2. The second kappa shape index (κ2) is 5.56. The molecule has 0 heterocycles. The molecule has 0 saturated heterocycles. The van der Waals surface area contributed by atoms with Crippen molar-refractivity contribution in [2.24, 2.45) is 0 Å². The molecular weight excluding hydrogens is 306 g/mol. The van der Waals surface area contributed by atoms with Crippen LogP contribution in [-0.4, -0.2) is 23.8 Å². The van der Waals surface area contributed by atoms with Gasteiger partial charge >= 0.3 is 12.1 Å². The van der Waals surface area contributed by atoms with Crippen molar-refractivity contribution >= 4 is 29.2 Å². The van der Waals surface area contributed by atoms with Crippen LogP contribution in [0.1, 0.15) is 12.5 Å². The molecule has 0 spiro atoms. The molecule has 1 aromatic rings. The lowest BCUT2D eigenvalue weighted by Crippen LogP contribution is -2.50. The highest BCUT2D eigenvalue weighted by Gasteiger charge is 2.39. The molecule has 106 valence electrons. The molecule has 8 heteroatoms. The van der Waals surface area contributed by atoms with Gasteiger partial charge in [0.1, 0.15) is 5.54 Å². The predicted octanol–water partition coefficient (Wildman–Crippen LogP) is 3.45. The summed E-state index contributed by atoms with van der Waals surface area (Å²) < 4.78 is 36.6. The van der Waals surface area contributed by atoms with Gasteiger partial charge in [0.05, 0.1) is 16.6 Å². The van der Waals surface area contributed by atoms with Crippen LogP contribution < -0.4 is 5.32 Å². The first kappa shape index (κ1) is 16.1. The quantitative estimate of drug-likeness (QED) is 0.894.